The van der Waals surface area contributed by atoms with Gasteiger partial charge in [0.1, 0.15) is 11.2 Å². The average Bonchev–Trinajstić information content (AvgIpc) is 3.75. The van der Waals surface area contributed by atoms with E-state index in [-0.39, 0.29) is 0 Å². The molecule has 0 saturated heterocycles. The number of hydrogen-bond donors (Lipinski definition) is 0. The van der Waals surface area contributed by atoms with E-state index < -0.39 is 0 Å². The number of anilines is 3. The maximum absolute atomic E-state index is 7.11. The summed E-state index contributed by atoms with van der Waals surface area (Å²) in [4.78, 5) is 2.35. The normalized spacial score (nSPS) is 11.5. The number of hydrogen-bond acceptors (Lipinski definition) is 2. The summed E-state index contributed by atoms with van der Waals surface area (Å²) in [6.07, 6.45) is 0. The lowest BCUT2D eigenvalue weighted by Crippen LogP contribution is -2.09. The predicted octanol–water partition coefficient (Wildman–Crippen LogP) is 17.2. The minimum atomic E-state index is 0.905. The van der Waals surface area contributed by atoms with Crippen molar-refractivity contribution in [3.05, 3.63) is 237 Å². The first-order chi connectivity index (χ1) is 30.7. The number of rotatable bonds is 7. The first-order valence-electron chi connectivity index (χ1n) is 21.2. The molecule has 0 unspecified atom stereocenters. The van der Waals surface area contributed by atoms with Gasteiger partial charge in [0.05, 0.1) is 0 Å². The highest BCUT2D eigenvalue weighted by molar-refractivity contribution is 6.31. The van der Waals surface area contributed by atoms with Gasteiger partial charge in [0.15, 0.2) is 0 Å². The molecule has 0 aliphatic heterocycles. The van der Waals surface area contributed by atoms with E-state index in [2.05, 4.69) is 241 Å². The van der Waals surface area contributed by atoms with E-state index in [9.17, 15) is 0 Å². The Morgan fingerprint density at radius 1 is 0.258 bits per heavy atom. The van der Waals surface area contributed by atoms with Crippen molar-refractivity contribution in [3.63, 3.8) is 0 Å². The van der Waals surface area contributed by atoms with Crippen molar-refractivity contribution >= 4 is 71.3 Å². The van der Waals surface area contributed by atoms with Crippen LogP contribution in [0.3, 0.4) is 0 Å². The third-order valence-electron chi connectivity index (χ3n) is 12.5. The minimum absolute atomic E-state index is 0.905. The van der Waals surface area contributed by atoms with Crippen LogP contribution in [0.1, 0.15) is 0 Å². The molecule has 11 aromatic carbocycles. The molecule has 0 radical (unpaired) electrons. The van der Waals surface area contributed by atoms with Gasteiger partial charge in [-0.05, 0) is 114 Å². The Bertz CT molecular complexity index is 3500. The van der Waals surface area contributed by atoms with Crippen LogP contribution < -0.4 is 4.90 Å². The Balaban J connectivity index is 1.03. The van der Waals surface area contributed by atoms with Crippen LogP contribution in [0.4, 0.5) is 17.1 Å². The lowest BCUT2D eigenvalue weighted by molar-refractivity contribution is 0.674. The monoisotopic (exact) mass is 789 g/mol. The second-order valence-corrected chi connectivity index (χ2v) is 16.0. The molecule has 62 heavy (non-hydrogen) atoms. The molecule has 290 valence electrons. The van der Waals surface area contributed by atoms with Gasteiger partial charge in [0, 0.05) is 38.8 Å². The average molecular weight is 790 g/mol. The molecule has 0 aliphatic rings. The molecule has 2 heteroatoms. The molecule has 0 saturated carbocycles. The first kappa shape index (κ1) is 35.7. The molecule has 12 aromatic rings. The first-order valence-corrected chi connectivity index (χ1v) is 21.2. The van der Waals surface area contributed by atoms with Crippen molar-refractivity contribution in [2.45, 2.75) is 0 Å². The Hall–Kier alpha value is -8.20. The second kappa shape index (κ2) is 14.8. The van der Waals surface area contributed by atoms with E-state index >= 15 is 0 Å². The van der Waals surface area contributed by atoms with E-state index in [1.165, 1.54) is 49.2 Å². The number of benzene rings is 11. The zero-order chi connectivity index (χ0) is 41.0. The fourth-order valence-electron chi connectivity index (χ4n) is 9.45. The Morgan fingerprint density at radius 3 is 1.27 bits per heavy atom. The molecule has 0 bridgehead atoms. The van der Waals surface area contributed by atoms with Crippen LogP contribution in [0.25, 0.3) is 98.8 Å². The van der Waals surface area contributed by atoms with E-state index in [1.54, 1.807) is 0 Å². The van der Waals surface area contributed by atoms with Gasteiger partial charge in [-0.15, -0.1) is 0 Å². The van der Waals surface area contributed by atoms with Crippen LogP contribution in [0, 0.1) is 0 Å². The smallest absolute Gasteiger partial charge is 0.143 e. The van der Waals surface area contributed by atoms with E-state index in [0.29, 0.717) is 0 Å². The van der Waals surface area contributed by atoms with Gasteiger partial charge in [-0.1, -0.05) is 188 Å². The Kier molecular flexibility index (Phi) is 8.53. The molecule has 1 heterocycles. The summed E-state index contributed by atoms with van der Waals surface area (Å²) >= 11 is 0. The summed E-state index contributed by atoms with van der Waals surface area (Å²) in [5, 5.41) is 9.42. The van der Waals surface area contributed by atoms with Crippen LogP contribution >= 0.6 is 0 Å². The number of nitrogens with zero attached hydrogens (tertiary/aromatic N) is 1. The highest BCUT2D eigenvalue weighted by atomic mass is 16.3. The van der Waals surface area contributed by atoms with Gasteiger partial charge in [-0.2, -0.15) is 0 Å². The molecule has 1 aromatic heterocycles. The van der Waals surface area contributed by atoms with E-state index in [4.69, 9.17) is 4.42 Å². The van der Waals surface area contributed by atoms with Crippen LogP contribution in [0.2, 0.25) is 0 Å². The van der Waals surface area contributed by atoms with Crippen molar-refractivity contribution in [1.29, 1.82) is 0 Å². The maximum atomic E-state index is 7.11. The number of fused-ring (bicyclic) bond motifs is 9. The molecule has 2 nitrogen and oxygen atoms in total. The minimum Gasteiger partial charge on any atom is -0.455 e. The topological polar surface area (TPSA) is 16.4 Å². The zero-order valence-electron chi connectivity index (χ0n) is 33.9. The van der Waals surface area contributed by atoms with Crippen molar-refractivity contribution < 1.29 is 4.42 Å². The van der Waals surface area contributed by atoms with E-state index in [0.717, 1.165) is 66.6 Å². The predicted molar refractivity (Wildman–Crippen MR) is 263 cm³/mol. The van der Waals surface area contributed by atoms with Gasteiger partial charge in [0.2, 0.25) is 0 Å². The molecule has 0 amide bonds. The highest BCUT2D eigenvalue weighted by Gasteiger charge is 2.21. The molecule has 0 spiro atoms. The molecular weight excluding hydrogens is 751 g/mol. The van der Waals surface area contributed by atoms with Gasteiger partial charge < -0.3 is 9.32 Å². The molecular formula is C60H39NO. The zero-order valence-corrected chi connectivity index (χ0v) is 33.9. The largest absolute Gasteiger partial charge is 0.455 e. The third kappa shape index (κ3) is 6.04. The standard InChI is InChI=1S/C60H39NO/c1-3-14-40(15-4-1)42-26-32-47(33-27-42)61(48-34-28-43(29-35-48)41-16-5-2-6-17-41)49-36-30-44(31-37-49)46-38-56(51-25-13-19-45-18-7-8-20-50(45)51)59-57(39-46)58-54-23-11-9-21-52(54)53-22-10-12-24-55(53)60(58)62-59/h1-39H. The van der Waals surface area contributed by atoms with Crippen LogP contribution in [0.5, 0.6) is 0 Å². The van der Waals surface area contributed by atoms with Gasteiger partial charge in [0.25, 0.3) is 0 Å². The fraction of sp³-hybridized carbons (Fsp3) is 0. The molecule has 0 fully saturated rings. The highest BCUT2D eigenvalue weighted by Crippen LogP contribution is 2.47. The van der Waals surface area contributed by atoms with Gasteiger partial charge in [-0.25, -0.2) is 0 Å². The Labute approximate surface area is 360 Å². The summed E-state index contributed by atoms with van der Waals surface area (Å²) in [5.41, 5.74) is 14.4. The number of furan rings is 1. The second-order valence-electron chi connectivity index (χ2n) is 16.0. The summed E-state index contributed by atoms with van der Waals surface area (Å²) in [7, 11) is 0. The van der Waals surface area contributed by atoms with Crippen molar-refractivity contribution in [1.82, 2.24) is 0 Å². The van der Waals surface area contributed by atoms with Gasteiger partial charge >= 0.3 is 0 Å². The fourth-order valence-corrected chi connectivity index (χ4v) is 9.45. The molecule has 12 rings (SSSR count). The van der Waals surface area contributed by atoms with Crippen molar-refractivity contribution in [2.24, 2.45) is 0 Å². The summed E-state index contributed by atoms with van der Waals surface area (Å²) in [5.74, 6) is 0. The lowest BCUT2D eigenvalue weighted by Gasteiger charge is -2.26. The third-order valence-corrected chi connectivity index (χ3v) is 12.5. The SMILES string of the molecule is c1ccc(-c2ccc(N(c3ccc(-c4ccccc4)cc3)c3ccc(-c4cc(-c5cccc6ccccc56)c5oc6c7ccccc7c7ccccc7c6c5c4)cc3)cc2)cc1. The molecule has 0 atom stereocenters. The van der Waals surface area contributed by atoms with Crippen molar-refractivity contribution in [2.75, 3.05) is 4.90 Å². The van der Waals surface area contributed by atoms with Crippen LogP contribution in [-0.4, -0.2) is 0 Å². The molecule has 0 N–H and O–H groups in total. The Morgan fingerprint density at radius 2 is 0.694 bits per heavy atom. The summed E-state index contributed by atoms with van der Waals surface area (Å²) in [6.45, 7) is 0. The summed E-state index contributed by atoms with van der Waals surface area (Å²) in [6, 6.07) is 85.2. The van der Waals surface area contributed by atoms with Gasteiger partial charge in [-0.3, -0.25) is 0 Å². The lowest BCUT2D eigenvalue weighted by atomic mass is 9.91. The van der Waals surface area contributed by atoms with E-state index in [1.807, 2.05) is 0 Å². The van der Waals surface area contributed by atoms with Crippen LogP contribution in [0.15, 0.2) is 241 Å². The quantitative estimate of drug-likeness (QED) is 0.150. The van der Waals surface area contributed by atoms with Crippen LogP contribution in [-0.2, 0) is 0 Å². The molecule has 0 aliphatic carbocycles. The van der Waals surface area contributed by atoms with Crippen molar-refractivity contribution in [3.8, 4) is 44.5 Å². The maximum Gasteiger partial charge on any atom is 0.143 e. The summed E-state index contributed by atoms with van der Waals surface area (Å²) < 4.78 is 7.11.